The lowest BCUT2D eigenvalue weighted by Crippen LogP contribution is -2.42. The van der Waals surface area contributed by atoms with Crippen molar-refractivity contribution in [2.45, 2.75) is 42.6 Å². The van der Waals surface area contributed by atoms with Crippen LogP contribution in [0.25, 0.3) is 5.69 Å². The Kier molecular flexibility index (Phi) is 9.07. The molecule has 1 unspecified atom stereocenters. The summed E-state index contributed by atoms with van der Waals surface area (Å²) in [5, 5.41) is 3.66. The fraction of sp³-hybridized carbons (Fsp3) is 0.333. The second-order valence-corrected chi connectivity index (χ2v) is 13.6. The van der Waals surface area contributed by atoms with E-state index in [2.05, 4.69) is 24.4 Å². The maximum absolute atomic E-state index is 15.4. The van der Waals surface area contributed by atoms with Crippen LogP contribution in [0.15, 0.2) is 66.0 Å². The number of amides is 1. The zero-order valence-corrected chi connectivity index (χ0v) is 26.8. The molecule has 3 aromatic carbocycles. The third kappa shape index (κ3) is 6.62. The topological polar surface area (TPSA) is 56.1 Å². The van der Waals surface area contributed by atoms with Crippen LogP contribution in [0.4, 0.5) is 13.2 Å². The number of likely N-dealkylation sites (N-methyl/N-ethyl adjacent to an activating group) is 1. The predicted molar refractivity (Wildman–Crippen MR) is 167 cm³/mol. The molecule has 6 nitrogen and oxygen atoms in total. The standard InChI is InChI=1S/C33H34ClF3N4O2S/c1-33(2,21-6-11-27(36)29(16-21)43-5)30-17-38-32(40(30)24-9-7-22(35)8-10-24)44-19-25-26(34)14-20(15-28(25)37)31(42)39-23-12-13-41(3,4)18-23/h6-11,14-17,23H,12-13,18-19H2,1-5H3/p+1. The number of aromatic nitrogens is 2. The van der Waals surface area contributed by atoms with Crippen molar-refractivity contribution >= 4 is 29.3 Å². The van der Waals surface area contributed by atoms with Crippen molar-refractivity contribution in [1.29, 1.82) is 0 Å². The van der Waals surface area contributed by atoms with E-state index in [1.807, 2.05) is 18.4 Å². The highest BCUT2D eigenvalue weighted by molar-refractivity contribution is 7.98. The van der Waals surface area contributed by atoms with E-state index in [4.69, 9.17) is 16.3 Å². The molecule has 11 heteroatoms. The molecule has 0 aliphatic carbocycles. The van der Waals surface area contributed by atoms with Crippen LogP contribution in [-0.4, -0.2) is 60.3 Å². The van der Waals surface area contributed by atoms with Gasteiger partial charge >= 0.3 is 0 Å². The highest BCUT2D eigenvalue weighted by Crippen LogP contribution is 2.39. The van der Waals surface area contributed by atoms with Crippen LogP contribution in [-0.2, 0) is 11.2 Å². The Hall–Kier alpha value is -3.47. The number of carbonyl (C=O) groups excluding carboxylic acids is 1. The van der Waals surface area contributed by atoms with Gasteiger partial charge in [0, 0.05) is 39.4 Å². The van der Waals surface area contributed by atoms with Crippen molar-refractivity contribution in [3.63, 3.8) is 0 Å². The van der Waals surface area contributed by atoms with E-state index in [0.29, 0.717) is 10.8 Å². The maximum Gasteiger partial charge on any atom is 0.251 e. The molecule has 0 bridgehead atoms. The highest BCUT2D eigenvalue weighted by Gasteiger charge is 2.33. The number of hydrogen-bond acceptors (Lipinski definition) is 4. The smallest absolute Gasteiger partial charge is 0.251 e. The summed E-state index contributed by atoms with van der Waals surface area (Å²) in [6.07, 6.45) is 2.56. The van der Waals surface area contributed by atoms with E-state index < -0.39 is 17.0 Å². The van der Waals surface area contributed by atoms with Crippen molar-refractivity contribution in [3.8, 4) is 11.4 Å². The van der Waals surface area contributed by atoms with E-state index in [1.54, 1.807) is 30.5 Å². The number of thioether (sulfide) groups is 1. The Morgan fingerprint density at radius 3 is 2.48 bits per heavy atom. The number of ether oxygens (including phenoxy) is 1. The molecular formula is C33H35ClF3N4O2S+. The SMILES string of the molecule is COc1cc(C(C)(C)c2cnc(SCc3c(F)cc(C(=O)NC4CC[N+](C)(C)C4)cc3Cl)n2-c2ccc(F)cc2)ccc1F. The van der Waals surface area contributed by atoms with Crippen LogP contribution in [0.5, 0.6) is 5.75 Å². The second kappa shape index (κ2) is 12.5. The molecule has 0 saturated carbocycles. The van der Waals surface area contributed by atoms with Crippen LogP contribution in [0.1, 0.15) is 47.4 Å². The van der Waals surface area contributed by atoms with E-state index in [1.165, 1.54) is 49.2 Å². The summed E-state index contributed by atoms with van der Waals surface area (Å²) < 4.78 is 51.4. The van der Waals surface area contributed by atoms with Crippen molar-refractivity contribution < 1.29 is 27.2 Å². The summed E-state index contributed by atoms with van der Waals surface area (Å²) in [5.74, 6) is -1.56. The van der Waals surface area contributed by atoms with E-state index in [0.717, 1.165) is 35.3 Å². The molecule has 1 aliphatic heterocycles. The molecule has 4 aromatic rings. The van der Waals surface area contributed by atoms with Gasteiger partial charge in [-0.3, -0.25) is 9.36 Å². The number of likely N-dealkylation sites (tertiary alicyclic amines) is 1. The molecule has 1 aliphatic rings. The van der Waals surface area contributed by atoms with E-state index >= 15 is 4.39 Å². The van der Waals surface area contributed by atoms with E-state index in [-0.39, 0.29) is 45.4 Å². The maximum atomic E-state index is 15.4. The van der Waals surface area contributed by atoms with Crippen LogP contribution in [0, 0.1) is 17.5 Å². The van der Waals surface area contributed by atoms with Gasteiger partial charge in [-0.1, -0.05) is 43.3 Å². The average molecular weight is 644 g/mol. The molecule has 1 saturated heterocycles. The highest BCUT2D eigenvalue weighted by atomic mass is 35.5. The van der Waals surface area contributed by atoms with Crippen molar-refractivity contribution in [3.05, 3.63) is 106 Å². The zero-order chi connectivity index (χ0) is 31.8. The number of nitrogens with one attached hydrogen (secondary N) is 1. The first-order chi connectivity index (χ1) is 20.8. The molecule has 1 amide bonds. The number of nitrogens with zero attached hydrogens (tertiary/aromatic N) is 3. The number of rotatable bonds is 9. The Labute approximate surface area is 264 Å². The van der Waals surface area contributed by atoms with Gasteiger partial charge in [-0.25, -0.2) is 18.2 Å². The Bertz CT molecular complexity index is 1670. The predicted octanol–water partition coefficient (Wildman–Crippen LogP) is 7.15. The third-order valence-corrected chi connectivity index (χ3v) is 9.53. The first kappa shape index (κ1) is 31.9. The molecule has 1 N–H and O–H groups in total. The van der Waals surface area contributed by atoms with Gasteiger partial charge < -0.3 is 14.5 Å². The summed E-state index contributed by atoms with van der Waals surface area (Å²) in [7, 11) is 5.63. The van der Waals surface area contributed by atoms with Gasteiger partial charge in [-0.15, -0.1) is 0 Å². The minimum Gasteiger partial charge on any atom is -0.494 e. The number of quaternary nitrogens is 1. The van der Waals surface area contributed by atoms with Gasteiger partial charge in [0.1, 0.15) is 11.6 Å². The summed E-state index contributed by atoms with van der Waals surface area (Å²) in [6, 6.07) is 13.4. The van der Waals surface area contributed by atoms with Crippen LogP contribution < -0.4 is 10.1 Å². The number of hydrogen-bond donors (Lipinski definition) is 1. The molecule has 0 spiro atoms. The van der Waals surface area contributed by atoms with Crippen molar-refractivity contribution in [2.75, 3.05) is 34.3 Å². The van der Waals surface area contributed by atoms with Crippen LogP contribution >= 0.6 is 23.4 Å². The lowest BCUT2D eigenvalue weighted by Gasteiger charge is -2.28. The van der Waals surface area contributed by atoms with Crippen LogP contribution in [0.2, 0.25) is 5.02 Å². The normalized spacial score (nSPS) is 16.2. The first-order valence-electron chi connectivity index (χ1n) is 14.2. The van der Waals surface area contributed by atoms with Gasteiger partial charge in [-0.05, 0) is 54.1 Å². The molecule has 1 fully saturated rings. The summed E-state index contributed by atoms with van der Waals surface area (Å²) in [5.41, 5.74) is 1.89. The molecule has 1 atom stereocenters. The molecular weight excluding hydrogens is 609 g/mol. The van der Waals surface area contributed by atoms with Crippen LogP contribution in [0.3, 0.4) is 0 Å². The monoisotopic (exact) mass is 643 g/mol. The number of methoxy groups -OCH3 is 1. The fourth-order valence-corrected chi connectivity index (χ4v) is 6.97. The molecule has 2 heterocycles. The summed E-state index contributed by atoms with van der Waals surface area (Å²) in [6.45, 7) is 5.71. The van der Waals surface area contributed by atoms with Gasteiger partial charge in [0.2, 0.25) is 0 Å². The van der Waals surface area contributed by atoms with Gasteiger partial charge in [0.05, 0.1) is 52.2 Å². The minimum atomic E-state index is -0.688. The number of imidazole rings is 1. The molecule has 232 valence electrons. The lowest BCUT2D eigenvalue weighted by atomic mass is 9.81. The Balaban J connectivity index is 1.43. The summed E-state index contributed by atoms with van der Waals surface area (Å²) in [4.78, 5) is 17.5. The quantitative estimate of drug-likeness (QED) is 0.156. The average Bonchev–Trinajstić information content (AvgIpc) is 3.55. The van der Waals surface area contributed by atoms with Gasteiger partial charge in [0.15, 0.2) is 16.7 Å². The number of benzene rings is 3. The van der Waals surface area contributed by atoms with Gasteiger partial charge in [0.25, 0.3) is 5.91 Å². The van der Waals surface area contributed by atoms with Gasteiger partial charge in [-0.2, -0.15) is 0 Å². The van der Waals surface area contributed by atoms with Crippen molar-refractivity contribution in [1.82, 2.24) is 14.9 Å². The largest absolute Gasteiger partial charge is 0.494 e. The zero-order valence-electron chi connectivity index (χ0n) is 25.3. The number of carbonyl (C=O) groups is 1. The molecule has 44 heavy (non-hydrogen) atoms. The molecule has 0 radical (unpaired) electrons. The lowest BCUT2D eigenvalue weighted by molar-refractivity contribution is -0.878. The second-order valence-electron chi connectivity index (χ2n) is 12.2. The fourth-order valence-electron chi connectivity index (χ4n) is 5.59. The molecule has 5 rings (SSSR count). The van der Waals surface area contributed by atoms with E-state index in [9.17, 15) is 13.6 Å². The third-order valence-electron chi connectivity index (χ3n) is 8.21. The summed E-state index contributed by atoms with van der Waals surface area (Å²) >= 11 is 7.79. The Morgan fingerprint density at radius 2 is 1.84 bits per heavy atom. The molecule has 1 aromatic heterocycles. The Morgan fingerprint density at radius 1 is 1.11 bits per heavy atom. The first-order valence-corrected chi connectivity index (χ1v) is 15.6. The number of halogens is 4. The minimum absolute atomic E-state index is 0.0225. The van der Waals surface area contributed by atoms with Crippen molar-refractivity contribution in [2.24, 2.45) is 0 Å².